The number of nitrogens with one attached hydrogen (secondary N) is 1. The van der Waals surface area contributed by atoms with Crippen molar-refractivity contribution in [2.75, 3.05) is 5.32 Å². The van der Waals surface area contributed by atoms with Gasteiger partial charge in [-0.2, -0.15) is 4.98 Å². The predicted octanol–water partition coefficient (Wildman–Crippen LogP) is 3.22. The zero-order valence-corrected chi connectivity index (χ0v) is 14.9. The van der Waals surface area contributed by atoms with Crippen molar-refractivity contribution in [3.05, 3.63) is 52.1 Å². The van der Waals surface area contributed by atoms with Crippen molar-refractivity contribution < 1.29 is 13.7 Å². The summed E-state index contributed by atoms with van der Waals surface area (Å²) in [6, 6.07) is 8.81. The van der Waals surface area contributed by atoms with E-state index >= 15 is 0 Å². The van der Waals surface area contributed by atoms with E-state index in [-0.39, 0.29) is 12.5 Å². The number of benzene rings is 1. The van der Waals surface area contributed by atoms with Gasteiger partial charge in [-0.3, -0.25) is 9.36 Å². The molecule has 1 N–H and O–H groups in total. The molecule has 0 spiro atoms. The molecule has 0 bridgehead atoms. The smallest absolute Gasteiger partial charge is 0.408 e. The van der Waals surface area contributed by atoms with Crippen LogP contribution in [-0.4, -0.2) is 20.6 Å². The van der Waals surface area contributed by atoms with Gasteiger partial charge in [0.25, 0.3) is 5.89 Å². The van der Waals surface area contributed by atoms with Gasteiger partial charge in [0.2, 0.25) is 5.91 Å². The maximum atomic E-state index is 12.5. The van der Waals surface area contributed by atoms with Crippen LogP contribution in [0.3, 0.4) is 0 Å². The maximum absolute atomic E-state index is 12.5. The molecule has 5 rings (SSSR count). The molecule has 3 aromatic heterocycles. The number of hydrogen-bond donors (Lipinski definition) is 1. The van der Waals surface area contributed by atoms with E-state index in [4.69, 9.17) is 8.94 Å². The number of hydrogen-bond acceptors (Lipinski definition) is 7. The summed E-state index contributed by atoms with van der Waals surface area (Å²) in [5.74, 6) is 0.586. The first kappa shape index (κ1) is 16.0. The Hall–Kier alpha value is -3.20. The first-order valence-corrected chi connectivity index (χ1v) is 9.37. The van der Waals surface area contributed by atoms with Crippen molar-refractivity contribution in [2.24, 2.45) is 0 Å². The van der Waals surface area contributed by atoms with Gasteiger partial charge in [0, 0.05) is 5.92 Å². The molecule has 1 aliphatic carbocycles. The van der Waals surface area contributed by atoms with E-state index in [1.165, 1.54) is 15.9 Å². The SMILES string of the molecule is O=C(Cn1c(=O)oc2ccccc21)Nc1sccc1-c1nc(C2CC2)no1. The van der Waals surface area contributed by atoms with Crippen LogP contribution in [0.15, 0.2) is 49.4 Å². The molecule has 1 aliphatic rings. The van der Waals surface area contributed by atoms with Gasteiger partial charge in [0.05, 0.1) is 11.1 Å². The quantitative estimate of drug-likeness (QED) is 0.568. The van der Waals surface area contributed by atoms with Crippen molar-refractivity contribution in [3.63, 3.8) is 0 Å². The van der Waals surface area contributed by atoms with Crippen LogP contribution in [0.5, 0.6) is 0 Å². The van der Waals surface area contributed by atoms with E-state index in [9.17, 15) is 9.59 Å². The lowest BCUT2D eigenvalue weighted by atomic mass is 10.3. The Morgan fingerprint density at radius 3 is 3.00 bits per heavy atom. The van der Waals surface area contributed by atoms with Crippen LogP contribution in [0.4, 0.5) is 5.00 Å². The molecule has 3 heterocycles. The van der Waals surface area contributed by atoms with Crippen LogP contribution < -0.4 is 11.1 Å². The van der Waals surface area contributed by atoms with Crippen LogP contribution in [0.25, 0.3) is 22.6 Å². The first-order valence-electron chi connectivity index (χ1n) is 8.49. The molecule has 8 nitrogen and oxygen atoms in total. The molecule has 9 heteroatoms. The minimum atomic E-state index is -0.566. The fourth-order valence-electron chi connectivity index (χ4n) is 2.90. The highest BCUT2D eigenvalue weighted by atomic mass is 32.1. The van der Waals surface area contributed by atoms with Gasteiger partial charge < -0.3 is 14.3 Å². The normalized spacial score (nSPS) is 13.9. The minimum absolute atomic E-state index is 0.148. The standard InChI is InChI=1S/C18H14N4O4S/c23-14(9-22-12-3-1-2-4-13(12)25-18(22)24)19-17-11(7-8-27-17)16-20-15(21-26-16)10-5-6-10/h1-4,7-8,10H,5-6,9H2,(H,19,23). The molecule has 0 unspecified atom stereocenters. The highest BCUT2D eigenvalue weighted by Crippen LogP contribution is 2.40. The van der Waals surface area contributed by atoms with Crippen LogP contribution >= 0.6 is 11.3 Å². The summed E-state index contributed by atoms with van der Waals surface area (Å²) >= 11 is 1.36. The predicted molar refractivity (Wildman–Crippen MR) is 98.7 cm³/mol. The summed E-state index contributed by atoms with van der Waals surface area (Å²) in [7, 11) is 0. The minimum Gasteiger partial charge on any atom is -0.408 e. The van der Waals surface area contributed by atoms with E-state index < -0.39 is 5.76 Å². The largest absolute Gasteiger partial charge is 0.420 e. The third kappa shape index (κ3) is 2.95. The van der Waals surface area contributed by atoms with E-state index in [1.54, 1.807) is 24.3 Å². The number of nitrogens with zero attached hydrogens (tertiary/aromatic N) is 3. The number of anilines is 1. The molecule has 1 amide bonds. The lowest BCUT2D eigenvalue weighted by molar-refractivity contribution is -0.116. The zero-order chi connectivity index (χ0) is 18.4. The topological polar surface area (TPSA) is 103 Å². The van der Waals surface area contributed by atoms with Crippen LogP contribution in [-0.2, 0) is 11.3 Å². The molecule has 1 fully saturated rings. The average molecular weight is 382 g/mol. The molecule has 1 aromatic carbocycles. The van der Waals surface area contributed by atoms with Gasteiger partial charge in [0.15, 0.2) is 11.4 Å². The summed E-state index contributed by atoms with van der Waals surface area (Å²) < 4.78 is 11.8. The number of thiophene rings is 1. The summed E-state index contributed by atoms with van der Waals surface area (Å²) in [5, 5.41) is 9.27. The summed E-state index contributed by atoms with van der Waals surface area (Å²) in [6.07, 6.45) is 2.17. The highest BCUT2D eigenvalue weighted by molar-refractivity contribution is 7.15. The Morgan fingerprint density at radius 1 is 1.30 bits per heavy atom. The number of amides is 1. The van der Waals surface area contributed by atoms with E-state index in [2.05, 4.69) is 15.5 Å². The Kier molecular flexibility index (Phi) is 3.68. The van der Waals surface area contributed by atoms with E-state index in [1.807, 2.05) is 11.4 Å². The number of carbonyl (C=O) groups excluding carboxylic acids is 1. The molecular formula is C18H14N4O4S. The van der Waals surface area contributed by atoms with Crippen molar-refractivity contribution in [3.8, 4) is 11.5 Å². The van der Waals surface area contributed by atoms with Gasteiger partial charge in [-0.05, 0) is 36.4 Å². The molecule has 4 aromatic rings. The van der Waals surface area contributed by atoms with Gasteiger partial charge in [-0.15, -0.1) is 11.3 Å². The molecule has 27 heavy (non-hydrogen) atoms. The van der Waals surface area contributed by atoms with Gasteiger partial charge in [-0.25, -0.2) is 4.79 Å². The number of oxazole rings is 1. The van der Waals surface area contributed by atoms with E-state index in [0.717, 1.165) is 12.8 Å². The second-order valence-electron chi connectivity index (χ2n) is 6.37. The second-order valence-corrected chi connectivity index (χ2v) is 7.28. The van der Waals surface area contributed by atoms with Gasteiger partial charge in [-0.1, -0.05) is 17.3 Å². The lowest BCUT2D eigenvalue weighted by Crippen LogP contribution is -2.24. The molecule has 136 valence electrons. The molecule has 0 saturated heterocycles. The number of carbonyl (C=O) groups is 1. The Labute approximate surface area is 156 Å². The van der Waals surface area contributed by atoms with Crippen LogP contribution in [0.2, 0.25) is 0 Å². The van der Waals surface area contributed by atoms with Gasteiger partial charge in [0.1, 0.15) is 11.5 Å². The highest BCUT2D eigenvalue weighted by Gasteiger charge is 2.29. The monoisotopic (exact) mass is 382 g/mol. The zero-order valence-electron chi connectivity index (χ0n) is 14.0. The number of fused-ring (bicyclic) bond motifs is 1. The molecule has 0 atom stereocenters. The summed E-state index contributed by atoms with van der Waals surface area (Å²) in [4.78, 5) is 29.0. The van der Waals surface area contributed by atoms with Crippen molar-refractivity contribution in [1.29, 1.82) is 0 Å². The van der Waals surface area contributed by atoms with Crippen molar-refractivity contribution >= 4 is 33.3 Å². The maximum Gasteiger partial charge on any atom is 0.420 e. The van der Waals surface area contributed by atoms with Gasteiger partial charge >= 0.3 is 5.76 Å². The first-order chi connectivity index (χ1) is 13.2. The van der Waals surface area contributed by atoms with Crippen LogP contribution in [0.1, 0.15) is 24.6 Å². The van der Waals surface area contributed by atoms with Crippen molar-refractivity contribution in [2.45, 2.75) is 25.3 Å². The molecule has 1 saturated carbocycles. The molecule has 0 aliphatic heterocycles. The fourth-order valence-corrected chi connectivity index (χ4v) is 3.69. The Bertz CT molecular complexity index is 1200. The number of rotatable bonds is 5. The summed E-state index contributed by atoms with van der Waals surface area (Å²) in [5.41, 5.74) is 1.71. The average Bonchev–Trinajstić information content (AvgIpc) is 3.08. The van der Waals surface area contributed by atoms with Crippen molar-refractivity contribution in [1.82, 2.24) is 14.7 Å². The summed E-state index contributed by atoms with van der Waals surface area (Å²) in [6.45, 7) is -0.148. The Balaban J connectivity index is 1.37. The number of aromatic nitrogens is 3. The third-order valence-electron chi connectivity index (χ3n) is 4.41. The Morgan fingerprint density at radius 2 is 2.15 bits per heavy atom. The lowest BCUT2D eigenvalue weighted by Gasteiger charge is -2.05. The van der Waals surface area contributed by atoms with E-state index in [0.29, 0.717) is 39.3 Å². The third-order valence-corrected chi connectivity index (χ3v) is 5.24. The fraction of sp³-hybridized carbons (Fsp3) is 0.222. The van der Waals surface area contributed by atoms with Crippen LogP contribution in [0, 0.1) is 0 Å². The molecular weight excluding hydrogens is 368 g/mol. The molecule has 0 radical (unpaired) electrons. The second kappa shape index (κ2) is 6.20. The number of para-hydroxylation sites is 2.